The van der Waals surface area contributed by atoms with Crippen molar-refractivity contribution in [3.63, 3.8) is 0 Å². The monoisotopic (exact) mass is 372 g/mol. The van der Waals surface area contributed by atoms with Crippen molar-refractivity contribution in [3.8, 4) is 5.75 Å². The summed E-state index contributed by atoms with van der Waals surface area (Å²) in [4.78, 5) is 6.71. The SMILES string of the molecule is Oc1ccccc1/C(=C1/C=[NH+]c2ccccc21)c1c[nH]c2ccccc12.[Cl-]. The average Bonchev–Trinajstić information content (AvgIpc) is 3.29. The fourth-order valence-corrected chi connectivity index (χ4v) is 3.68. The molecule has 0 atom stereocenters. The molecule has 1 aliphatic rings. The lowest BCUT2D eigenvalue weighted by Crippen LogP contribution is -3.00. The molecular formula is C23H17ClN2O. The van der Waals surface area contributed by atoms with Crippen LogP contribution in [-0.2, 0) is 0 Å². The molecule has 3 nitrogen and oxygen atoms in total. The Kier molecular flexibility index (Phi) is 4.30. The number of hydrogen-bond acceptors (Lipinski definition) is 1. The Morgan fingerprint density at radius 1 is 0.815 bits per heavy atom. The van der Waals surface area contributed by atoms with Crippen molar-refractivity contribution < 1.29 is 22.5 Å². The number of nitrogens with one attached hydrogen (secondary N) is 2. The maximum absolute atomic E-state index is 10.6. The molecule has 0 saturated carbocycles. The topological polar surface area (TPSA) is 50.0 Å². The van der Waals surface area contributed by atoms with Gasteiger partial charge in [-0.1, -0.05) is 48.5 Å². The number of H-pyrrole nitrogens is 1. The molecule has 4 heteroatoms. The largest absolute Gasteiger partial charge is 1.00 e. The second-order valence-corrected chi connectivity index (χ2v) is 6.39. The van der Waals surface area contributed by atoms with E-state index >= 15 is 0 Å². The van der Waals surface area contributed by atoms with E-state index in [0.29, 0.717) is 0 Å². The van der Waals surface area contributed by atoms with E-state index in [2.05, 4.69) is 34.2 Å². The van der Waals surface area contributed by atoms with Gasteiger partial charge in [0.25, 0.3) is 0 Å². The Labute approximate surface area is 163 Å². The Bertz CT molecular complexity index is 1200. The summed E-state index contributed by atoms with van der Waals surface area (Å²) in [6, 6.07) is 24.0. The first-order chi connectivity index (χ1) is 12.8. The van der Waals surface area contributed by atoms with E-state index in [1.165, 1.54) is 0 Å². The van der Waals surface area contributed by atoms with Gasteiger partial charge >= 0.3 is 0 Å². The van der Waals surface area contributed by atoms with Crippen molar-refractivity contribution in [1.82, 2.24) is 4.98 Å². The number of fused-ring (bicyclic) bond motifs is 2. The Morgan fingerprint density at radius 2 is 1.56 bits per heavy atom. The van der Waals surface area contributed by atoms with Crippen LogP contribution in [0.3, 0.4) is 0 Å². The van der Waals surface area contributed by atoms with Crippen molar-refractivity contribution in [3.05, 3.63) is 95.7 Å². The molecule has 4 aromatic rings. The zero-order chi connectivity index (χ0) is 17.5. The van der Waals surface area contributed by atoms with Crippen LogP contribution >= 0.6 is 0 Å². The molecule has 3 N–H and O–H groups in total. The lowest BCUT2D eigenvalue weighted by Gasteiger charge is -2.12. The van der Waals surface area contributed by atoms with Gasteiger partial charge in [0.1, 0.15) is 5.75 Å². The van der Waals surface area contributed by atoms with Gasteiger partial charge in [0.05, 0.1) is 11.1 Å². The van der Waals surface area contributed by atoms with E-state index in [0.717, 1.165) is 44.4 Å². The van der Waals surface area contributed by atoms with Crippen LogP contribution in [0, 0.1) is 0 Å². The molecule has 2 heterocycles. The number of allylic oxidation sites excluding steroid dienone is 1. The normalized spacial score (nSPS) is 14.1. The summed E-state index contributed by atoms with van der Waals surface area (Å²) in [5.74, 6) is 0.276. The number of aromatic amines is 1. The minimum atomic E-state index is 0. The van der Waals surface area contributed by atoms with Crippen molar-refractivity contribution in [2.75, 3.05) is 0 Å². The van der Waals surface area contributed by atoms with E-state index in [1.807, 2.05) is 54.9 Å². The lowest BCUT2D eigenvalue weighted by atomic mass is 9.89. The number of para-hydroxylation sites is 3. The molecule has 0 amide bonds. The summed E-state index contributed by atoms with van der Waals surface area (Å²) in [5.41, 5.74) is 7.28. The van der Waals surface area contributed by atoms with Crippen LogP contribution in [-0.4, -0.2) is 16.3 Å². The van der Waals surface area contributed by atoms with Crippen LogP contribution in [0.2, 0.25) is 0 Å². The number of aromatic hydroxyl groups is 1. The molecule has 0 bridgehead atoms. The zero-order valence-corrected chi connectivity index (χ0v) is 15.2. The van der Waals surface area contributed by atoms with Crippen LogP contribution in [0.4, 0.5) is 5.69 Å². The third kappa shape index (κ3) is 2.73. The third-order valence-electron chi connectivity index (χ3n) is 4.89. The summed E-state index contributed by atoms with van der Waals surface area (Å²) < 4.78 is 0. The van der Waals surface area contributed by atoms with Crippen LogP contribution in [0.5, 0.6) is 5.75 Å². The van der Waals surface area contributed by atoms with E-state index in [1.54, 1.807) is 6.07 Å². The summed E-state index contributed by atoms with van der Waals surface area (Å²) in [7, 11) is 0. The summed E-state index contributed by atoms with van der Waals surface area (Å²) in [6.45, 7) is 0. The highest BCUT2D eigenvalue weighted by molar-refractivity contribution is 6.25. The van der Waals surface area contributed by atoms with Crippen LogP contribution in [0.25, 0.3) is 22.0 Å². The highest BCUT2D eigenvalue weighted by Gasteiger charge is 2.25. The second kappa shape index (κ2) is 6.78. The first-order valence-corrected chi connectivity index (χ1v) is 8.61. The van der Waals surface area contributed by atoms with E-state index in [9.17, 15) is 5.11 Å². The van der Waals surface area contributed by atoms with Gasteiger partial charge in [-0.3, -0.25) is 0 Å². The Hall–Kier alpha value is -3.30. The fraction of sp³-hybridized carbons (Fsp3) is 0. The minimum absolute atomic E-state index is 0. The van der Waals surface area contributed by atoms with Crippen molar-refractivity contribution in [1.29, 1.82) is 0 Å². The van der Waals surface area contributed by atoms with Crippen LogP contribution in [0.15, 0.2) is 79.0 Å². The molecule has 3 aromatic carbocycles. The smallest absolute Gasteiger partial charge is 0.211 e. The molecule has 0 saturated heterocycles. The quantitative estimate of drug-likeness (QED) is 0.475. The van der Waals surface area contributed by atoms with Crippen LogP contribution < -0.4 is 17.4 Å². The zero-order valence-electron chi connectivity index (χ0n) is 14.4. The molecule has 0 unspecified atom stereocenters. The van der Waals surface area contributed by atoms with Gasteiger partial charge in [0.15, 0.2) is 6.21 Å². The molecule has 0 spiro atoms. The maximum atomic E-state index is 10.6. The third-order valence-corrected chi connectivity index (χ3v) is 4.89. The van der Waals surface area contributed by atoms with Gasteiger partial charge in [-0.2, -0.15) is 0 Å². The molecule has 0 radical (unpaired) electrons. The number of halogens is 1. The summed E-state index contributed by atoms with van der Waals surface area (Å²) in [6.07, 6.45) is 4.04. The molecule has 0 aliphatic carbocycles. The van der Waals surface area contributed by atoms with E-state index in [4.69, 9.17) is 0 Å². The molecule has 27 heavy (non-hydrogen) atoms. The number of benzene rings is 3. The van der Waals surface area contributed by atoms with Gasteiger partial charge in [0.2, 0.25) is 5.69 Å². The predicted octanol–water partition coefficient (Wildman–Crippen LogP) is 0.633. The molecule has 0 fully saturated rings. The van der Waals surface area contributed by atoms with Crippen molar-refractivity contribution in [2.24, 2.45) is 0 Å². The average molecular weight is 373 g/mol. The maximum Gasteiger partial charge on any atom is 0.211 e. The highest BCUT2D eigenvalue weighted by Crippen LogP contribution is 2.40. The molecule has 132 valence electrons. The fourth-order valence-electron chi connectivity index (χ4n) is 3.68. The standard InChI is InChI=1S/C23H16N2O.ClH/c26-22-12-6-3-9-17(22)23(18-13-24-20-10-4-1-7-15(18)20)19-14-25-21-11-5-2-8-16(19)21;/h1-14,24,26H;1H/b23-19+;. The Morgan fingerprint density at radius 3 is 2.44 bits per heavy atom. The van der Waals surface area contributed by atoms with E-state index in [-0.39, 0.29) is 18.2 Å². The van der Waals surface area contributed by atoms with Gasteiger partial charge in [-0.05, 0) is 18.2 Å². The number of phenols is 1. The van der Waals surface area contributed by atoms with Gasteiger partial charge in [0, 0.05) is 39.9 Å². The second-order valence-electron chi connectivity index (χ2n) is 6.39. The lowest BCUT2D eigenvalue weighted by molar-refractivity contribution is -0.342. The van der Waals surface area contributed by atoms with Crippen LogP contribution in [0.1, 0.15) is 16.7 Å². The summed E-state index contributed by atoms with van der Waals surface area (Å²) >= 11 is 0. The number of phenolic OH excluding ortho intramolecular Hbond substituents is 1. The van der Waals surface area contributed by atoms with Gasteiger partial charge in [-0.15, -0.1) is 0 Å². The molecule has 5 rings (SSSR count). The van der Waals surface area contributed by atoms with E-state index < -0.39 is 0 Å². The minimum Gasteiger partial charge on any atom is -1.00 e. The summed E-state index contributed by atoms with van der Waals surface area (Å²) in [5, 5.41) is 11.7. The van der Waals surface area contributed by atoms with Gasteiger partial charge < -0.3 is 22.5 Å². The first-order valence-electron chi connectivity index (χ1n) is 8.61. The molecule has 1 aromatic heterocycles. The number of hydrogen-bond donors (Lipinski definition) is 3. The predicted molar refractivity (Wildman–Crippen MR) is 105 cm³/mol. The first kappa shape index (κ1) is 17.1. The molecular weight excluding hydrogens is 356 g/mol. The highest BCUT2D eigenvalue weighted by atomic mass is 35.5. The number of rotatable bonds is 2. The van der Waals surface area contributed by atoms with Gasteiger partial charge in [-0.25, -0.2) is 4.99 Å². The molecule has 1 aliphatic heterocycles. The van der Waals surface area contributed by atoms with Crippen molar-refractivity contribution in [2.45, 2.75) is 0 Å². The Balaban J connectivity index is 0.00000180. The van der Waals surface area contributed by atoms with Crippen molar-refractivity contribution >= 4 is 34.0 Å². The number of aromatic nitrogens is 1.